The molecule has 3 rings (SSSR count). The minimum Gasteiger partial charge on any atom is -0.358 e. The van der Waals surface area contributed by atoms with E-state index in [1.807, 2.05) is 50.2 Å². The SMILES string of the molecule is Cc1cccc(C)c1NC(=O)C[NH+]1CCN(C(=S)NCc2ccccc2)CC1. The van der Waals surface area contributed by atoms with E-state index >= 15 is 0 Å². The Morgan fingerprint density at radius 2 is 1.68 bits per heavy atom. The molecule has 1 heterocycles. The first-order chi connectivity index (χ1) is 13.5. The molecule has 6 heteroatoms. The molecule has 0 saturated carbocycles. The first-order valence-corrected chi connectivity index (χ1v) is 10.2. The third-order valence-corrected chi connectivity index (χ3v) is 5.60. The van der Waals surface area contributed by atoms with Crippen LogP contribution in [-0.2, 0) is 11.3 Å². The highest BCUT2D eigenvalue weighted by Gasteiger charge is 2.23. The van der Waals surface area contributed by atoms with E-state index in [0.717, 1.165) is 54.7 Å². The molecule has 0 bridgehead atoms. The molecule has 2 aromatic rings. The molecule has 0 aliphatic carbocycles. The van der Waals surface area contributed by atoms with Gasteiger partial charge in [0.15, 0.2) is 11.7 Å². The number of quaternary nitrogens is 1. The summed E-state index contributed by atoms with van der Waals surface area (Å²) in [5, 5.41) is 7.22. The van der Waals surface area contributed by atoms with Gasteiger partial charge in [-0.1, -0.05) is 48.5 Å². The van der Waals surface area contributed by atoms with E-state index in [4.69, 9.17) is 12.2 Å². The second-order valence-corrected chi connectivity index (χ2v) is 7.76. The normalized spacial score (nSPS) is 14.6. The molecule has 0 radical (unpaired) electrons. The highest BCUT2D eigenvalue weighted by atomic mass is 32.1. The number of para-hydroxylation sites is 1. The Balaban J connectivity index is 1.42. The standard InChI is InChI=1S/C22H28N4OS/c1-17-7-6-8-18(2)21(17)24-20(27)16-25-11-13-26(14-12-25)22(28)23-15-19-9-4-3-5-10-19/h3-10H,11-16H2,1-2H3,(H,23,28)(H,24,27)/p+1. The van der Waals surface area contributed by atoms with Crippen molar-refractivity contribution in [2.45, 2.75) is 20.4 Å². The molecule has 1 aliphatic heterocycles. The summed E-state index contributed by atoms with van der Waals surface area (Å²) >= 11 is 5.54. The van der Waals surface area contributed by atoms with Gasteiger partial charge < -0.3 is 20.4 Å². The molecule has 1 fully saturated rings. The van der Waals surface area contributed by atoms with Gasteiger partial charge in [0, 0.05) is 12.2 Å². The molecular formula is C22H29N4OS+. The van der Waals surface area contributed by atoms with Crippen LogP contribution in [0, 0.1) is 13.8 Å². The van der Waals surface area contributed by atoms with Crippen molar-refractivity contribution in [2.75, 3.05) is 38.0 Å². The van der Waals surface area contributed by atoms with E-state index in [1.54, 1.807) is 0 Å². The number of thiocarbonyl (C=S) groups is 1. The molecule has 1 saturated heterocycles. The number of piperazine rings is 1. The van der Waals surface area contributed by atoms with Gasteiger partial charge in [-0.25, -0.2) is 0 Å². The van der Waals surface area contributed by atoms with Crippen LogP contribution < -0.4 is 15.5 Å². The summed E-state index contributed by atoms with van der Waals surface area (Å²) in [5.74, 6) is 0.0747. The Labute approximate surface area is 172 Å². The topological polar surface area (TPSA) is 48.8 Å². The zero-order chi connectivity index (χ0) is 19.9. The highest BCUT2D eigenvalue weighted by molar-refractivity contribution is 7.80. The summed E-state index contributed by atoms with van der Waals surface area (Å²) < 4.78 is 0. The maximum Gasteiger partial charge on any atom is 0.279 e. The van der Waals surface area contributed by atoms with Crippen molar-refractivity contribution in [3.8, 4) is 0 Å². The van der Waals surface area contributed by atoms with Gasteiger partial charge in [0.25, 0.3) is 5.91 Å². The third-order valence-electron chi connectivity index (χ3n) is 5.20. The average Bonchev–Trinajstić information content (AvgIpc) is 2.70. The summed E-state index contributed by atoms with van der Waals surface area (Å²) in [4.78, 5) is 16.0. The van der Waals surface area contributed by atoms with Crippen LogP contribution in [0.5, 0.6) is 0 Å². The summed E-state index contributed by atoms with van der Waals surface area (Å²) in [6.45, 7) is 8.84. The van der Waals surface area contributed by atoms with Crippen LogP contribution in [0.4, 0.5) is 5.69 Å². The van der Waals surface area contributed by atoms with Crippen molar-refractivity contribution >= 4 is 28.9 Å². The number of amides is 1. The van der Waals surface area contributed by atoms with Gasteiger partial charge in [-0.3, -0.25) is 4.79 Å². The van der Waals surface area contributed by atoms with Crippen LogP contribution >= 0.6 is 12.2 Å². The molecule has 28 heavy (non-hydrogen) atoms. The zero-order valence-electron chi connectivity index (χ0n) is 16.6. The molecule has 1 amide bonds. The zero-order valence-corrected chi connectivity index (χ0v) is 17.4. The van der Waals surface area contributed by atoms with E-state index in [-0.39, 0.29) is 5.91 Å². The summed E-state index contributed by atoms with van der Waals surface area (Å²) in [7, 11) is 0. The van der Waals surface area contributed by atoms with Crippen molar-refractivity contribution in [1.29, 1.82) is 0 Å². The van der Waals surface area contributed by atoms with E-state index in [1.165, 1.54) is 10.5 Å². The number of anilines is 1. The predicted molar refractivity (Wildman–Crippen MR) is 118 cm³/mol. The molecule has 148 valence electrons. The number of nitrogens with zero attached hydrogens (tertiary/aromatic N) is 1. The fraction of sp³-hybridized carbons (Fsp3) is 0.364. The largest absolute Gasteiger partial charge is 0.358 e. The smallest absolute Gasteiger partial charge is 0.279 e. The van der Waals surface area contributed by atoms with Crippen molar-refractivity contribution in [1.82, 2.24) is 10.2 Å². The maximum absolute atomic E-state index is 12.5. The Bertz CT molecular complexity index is 796. The molecule has 2 aromatic carbocycles. The molecule has 0 atom stereocenters. The minimum absolute atomic E-state index is 0.0747. The highest BCUT2D eigenvalue weighted by Crippen LogP contribution is 2.18. The number of carbonyl (C=O) groups excluding carboxylic acids is 1. The van der Waals surface area contributed by atoms with Crippen molar-refractivity contribution in [2.24, 2.45) is 0 Å². The number of benzene rings is 2. The van der Waals surface area contributed by atoms with Gasteiger partial charge >= 0.3 is 0 Å². The lowest BCUT2D eigenvalue weighted by Crippen LogP contribution is -3.15. The van der Waals surface area contributed by atoms with E-state index in [2.05, 4.69) is 27.7 Å². The van der Waals surface area contributed by atoms with Crippen LogP contribution in [0.15, 0.2) is 48.5 Å². The van der Waals surface area contributed by atoms with Gasteiger partial charge in [0.1, 0.15) is 0 Å². The first kappa shape index (κ1) is 20.3. The molecule has 1 aliphatic rings. The predicted octanol–water partition coefficient (Wildman–Crippen LogP) is 1.52. The van der Waals surface area contributed by atoms with Crippen molar-refractivity contribution in [3.05, 3.63) is 65.2 Å². The van der Waals surface area contributed by atoms with Gasteiger partial charge in [-0.2, -0.15) is 0 Å². The van der Waals surface area contributed by atoms with Crippen LogP contribution in [0.25, 0.3) is 0 Å². The quantitative estimate of drug-likeness (QED) is 0.670. The lowest BCUT2D eigenvalue weighted by Gasteiger charge is -2.33. The Hall–Kier alpha value is -2.44. The monoisotopic (exact) mass is 397 g/mol. The number of aryl methyl sites for hydroxylation is 2. The molecule has 0 aromatic heterocycles. The lowest BCUT2D eigenvalue weighted by atomic mass is 10.1. The van der Waals surface area contributed by atoms with Crippen molar-refractivity contribution < 1.29 is 9.69 Å². The third kappa shape index (κ3) is 5.53. The summed E-state index contributed by atoms with van der Waals surface area (Å²) in [6.07, 6.45) is 0. The fourth-order valence-corrected chi connectivity index (χ4v) is 3.77. The van der Waals surface area contributed by atoms with E-state index in [0.29, 0.717) is 6.54 Å². The van der Waals surface area contributed by atoms with Crippen molar-refractivity contribution in [3.63, 3.8) is 0 Å². The number of nitrogens with one attached hydrogen (secondary N) is 3. The summed E-state index contributed by atoms with van der Waals surface area (Å²) in [5.41, 5.74) is 4.36. The summed E-state index contributed by atoms with van der Waals surface area (Å²) in [6, 6.07) is 16.3. The Morgan fingerprint density at radius 1 is 1.04 bits per heavy atom. The maximum atomic E-state index is 12.5. The Kier molecular flexibility index (Phi) is 7.01. The van der Waals surface area contributed by atoms with Gasteiger partial charge in [-0.05, 0) is 42.8 Å². The second-order valence-electron chi connectivity index (χ2n) is 7.37. The second kappa shape index (κ2) is 9.66. The van der Waals surface area contributed by atoms with Crippen LogP contribution in [0.3, 0.4) is 0 Å². The van der Waals surface area contributed by atoms with Crippen LogP contribution in [0.2, 0.25) is 0 Å². The number of carbonyl (C=O) groups is 1. The van der Waals surface area contributed by atoms with Gasteiger partial charge in [0.2, 0.25) is 0 Å². The fourth-order valence-electron chi connectivity index (χ4n) is 3.51. The lowest BCUT2D eigenvalue weighted by molar-refractivity contribution is -0.895. The van der Waals surface area contributed by atoms with E-state index < -0.39 is 0 Å². The minimum atomic E-state index is 0.0747. The molecule has 0 unspecified atom stereocenters. The van der Waals surface area contributed by atoms with E-state index in [9.17, 15) is 4.79 Å². The molecular weight excluding hydrogens is 368 g/mol. The van der Waals surface area contributed by atoms with Crippen LogP contribution in [-0.4, -0.2) is 48.6 Å². The van der Waals surface area contributed by atoms with Crippen LogP contribution in [0.1, 0.15) is 16.7 Å². The van der Waals surface area contributed by atoms with Gasteiger partial charge in [-0.15, -0.1) is 0 Å². The molecule has 3 N–H and O–H groups in total. The first-order valence-electron chi connectivity index (χ1n) is 9.79. The Morgan fingerprint density at radius 3 is 2.32 bits per heavy atom. The molecule has 0 spiro atoms. The van der Waals surface area contributed by atoms with Gasteiger partial charge in [0.05, 0.1) is 26.2 Å². The molecule has 5 nitrogen and oxygen atoms in total. The number of hydrogen-bond acceptors (Lipinski definition) is 2. The average molecular weight is 398 g/mol. The number of rotatable bonds is 5. The number of hydrogen-bond donors (Lipinski definition) is 3.